The third kappa shape index (κ3) is 8.44. The number of carbonyl (C=O) groups excluding carboxylic acids is 1. The number of carbonyl (C=O) groups is 1. The van der Waals surface area contributed by atoms with Crippen molar-refractivity contribution in [1.82, 2.24) is 5.32 Å². The van der Waals surface area contributed by atoms with Crippen molar-refractivity contribution >= 4 is 5.78 Å². The van der Waals surface area contributed by atoms with Gasteiger partial charge in [0.2, 0.25) is 0 Å². The van der Waals surface area contributed by atoms with Gasteiger partial charge >= 0.3 is 0 Å². The minimum absolute atomic E-state index is 0.00368. The van der Waals surface area contributed by atoms with E-state index in [1.54, 1.807) is 0 Å². The lowest BCUT2D eigenvalue weighted by Gasteiger charge is -2.49. The largest absolute Gasteiger partial charge is 0.395 e. The summed E-state index contributed by atoms with van der Waals surface area (Å²) in [4.78, 5) is 12.7. The lowest BCUT2D eigenvalue weighted by molar-refractivity contribution is -0.323. The van der Waals surface area contributed by atoms with Crippen molar-refractivity contribution in [1.29, 1.82) is 0 Å². The van der Waals surface area contributed by atoms with Gasteiger partial charge in [-0.25, -0.2) is 4.39 Å². The molecule has 258 valence electrons. The molecule has 0 spiro atoms. The second kappa shape index (κ2) is 16.7. The molecule has 18 nitrogen and oxygen atoms in total. The number of Topliss-reactive ketones (excluding diaryl/α,β-unsaturated/α-hetero) is 1. The van der Waals surface area contributed by atoms with Crippen molar-refractivity contribution in [3.05, 3.63) is 0 Å². The fourth-order valence-corrected chi connectivity index (χ4v) is 5.72. The zero-order valence-electron chi connectivity index (χ0n) is 24.1. The van der Waals surface area contributed by atoms with Crippen LogP contribution in [-0.2, 0) is 23.7 Å². The summed E-state index contributed by atoms with van der Waals surface area (Å²) >= 11 is 0. The minimum Gasteiger partial charge on any atom is -0.395 e. The Balaban J connectivity index is 1.85. The van der Waals surface area contributed by atoms with Crippen molar-refractivity contribution in [2.75, 3.05) is 32.8 Å². The maximum Gasteiger partial charge on any atom is 0.186 e. The maximum absolute atomic E-state index is 14.0. The Labute approximate surface area is 253 Å². The van der Waals surface area contributed by atoms with Gasteiger partial charge in [-0.3, -0.25) is 4.79 Å². The van der Waals surface area contributed by atoms with E-state index in [4.69, 9.17) is 47.0 Å². The van der Waals surface area contributed by atoms with E-state index in [0.717, 1.165) is 0 Å². The third-order valence-corrected chi connectivity index (χ3v) is 8.40. The molecule has 2 heterocycles. The molecule has 1 saturated carbocycles. The normalized spacial score (nSPS) is 44.7. The van der Waals surface area contributed by atoms with Crippen LogP contribution < -0.4 is 28.3 Å². The number of nitrogens with one attached hydrogen (secondary N) is 1. The van der Waals surface area contributed by atoms with Crippen molar-refractivity contribution in [3.63, 3.8) is 0 Å². The highest BCUT2D eigenvalue weighted by Gasteiger charge is 2.52. The standard InChI is InChI=1S/C25H48FN5O13/c26-9(5-27)16(35)11(34)4-8-3-10(28)23(44-24-15(30)19(38)18(37)12(41-24)6-31-1-2-32)21(40)22(8)43-25-20(39)14(29)17(36)13(7-33)42-25/h8-10,12-25,31-33,35-40H,1-7,27-30H2/t8-,9?,10-,12+,13+,14-,15+,16?,17+,18+,19+,20+,21+,22-,23?,24+,25+/m0/s1. The monoisotopic (exact) mass is 645 g/mol. The summed E-state index contributed by atoms with van der Waals surface area (Å²) in [6, 6.07) is -3.69. The summed E-state index contributed by atoms with van der Waals surface area (Å²) < 4.78 is 37.1. The molecular formula is C25H48FN5O13. The fraction of sp³-hybridized carbons (Fsp3) is 0.960. The first-order valence-corrected chi connectivity index (χ1v) is 14.5. The fourth-order valence-electron chi connectivity index (χ4n) is 5.72. The van der Waals surface area contributed by atoms with Crippen LogP contribution in [-0.4, -0.2) is 177 Å². The van der Waals surface area contributed by atoms with Gasteiger partial charge in [0.25, 0.3) is 0 Å². The van der Waals surface area contributed by atoms with E-state index in [-0.39, 0.29) is 26.1 Å². The van der Waals surface area contributed by atoms with Crippen LogP contribution in [0.15, 0.2) is 0 Å². The lowest BCUT2D eigenvalue weighted by Crippen LogP contribution is -2.68. The predicted octanol–water partition coefficient (Wildman–Crippen LogP) is -7.80. The number of hydrogen-bond donors (Lipinski definition) is 13. The Morgan fingerprint density at radius 2 is 1.52 bits per heavy atom. The number of halogens is 1. The van der Waals surface area contributed by atoms with Gasteiger partial charge in [0.15, 0.2) is 18.4 Å². The molecule has 0 bridgehead atoms. The molecule has 0 amide bonds. The molecule has 44 heavy (non-hydrogen) atoms. The van der Waals surface area contributed by atoms with Gasteiger partial charge in [-0.05, 0) is 12.3 Å². The first kappa shape index (κ1) is 37.4. The highest BCUT2D eigenvalue weighted by atomic mass is 19.1. The van der Waals surface area contributed by atoms with Crippen molar-refractivity contribution in [2.24, 2.45) is 28.9 Å². The van der Waals surface area contributed by atoms with Gasteiger partial charge in [0.05, 0.1) is 31.4 Å². The molecule has 3 unspecified atom stereocenters. The summed E-state index contributed by atoms with van der Waals surface area (Å²) in [7, 11) is 0. The van der Waals surface area contributed by atoms with E-state index in [9.17, 15) is 44.9 Å². The molecule has 0 aromatic carbocycles. The van der Waals surface area contributed by atoms with Gasteiger partial charge in [-0.1, -0.05) is 0 Å². The maximum atomic E-state index is 14.0. The van der Waals surface area contributed by atoms with E-state index in [0.29, 0.717) is 0 Å². The van der Waals surface area contributed by atoms with E-state index in [1.807, 2.05) is 0 Å². The summed E-state index contributed by atoms with van der Waals surface area (Å²) in [6.07, 6.45) is -20.8. The minimum atomic E-state index is -2.07. The van der Waals surface area contributed by atoms with Crippen LogP contribution in [0.2, 0.25) is 0 Å². The summed E-state index contributed by atoms with van der Waals surface area (Å²) in [5.74, 6) is -1.97. The Morgan fingerprint density at radius 1 is 0.886 bits per heavy atom. The van der Waals surface area contributed by atoms with E-state index >= 15 is 0 Å². The molecule has 2 saturated heterocycles. The van der Waals surface area contributed by atoms with Gasteiger partial charge in [-0.15, -0.1) is 0 Å². The van der Waals surface area contributed by atoms with Crippen molar-refractivity contribution in [3.8, 4) is 0 Å². The van der Waals surface area contributed by atoms with Crippen LogP contribution in [0, 0.1) is 5.92 Å². The van der Waals surface area contributed by atoms with E-state index < -0.39 is 129 Å². The number of ketones is 1. The first-order chi connectivity index (χ1) is 20.8. The van der Waals surface area contributed by atoms with Gasteiger partial charge in [0.1, 0.15) is 61.1 Å². The number of aliphatic hydroxyl groups is 8. The van der Waals surface area contributed by atoms with Crippen LogP contribution in [0.5, 0.6) is 0 Å². The molecular weight excluding hydrogens is 597 g/mol. The van der Waals surface area contributed by atoms with E-state index in [2.05, 4.69) is 5.32 Å². The highest BCUT2D eigenvalue weighted by Crippen LogP contribution is 2.36. The average molecular weight is 646 g/mol. The molecule has 3 rings (SSSR count). The summed E-state index contributed by atoms with van der Waals surface area (Å²) in [6.45, 7) is -1.36. The molecule has 3 fully saturated rings. The Bertz CT molecular complexity index is 901. The number of nitrogens with two attached hydrogens (primary N) is 4. The number of rotatable bonds is 14. The van der Waals surface area contributed by atoms with Crippen LogP contribution in [0.3, 0.4) is 0 Å². The molecule has 1 aliphatic carbocycles. The molecule has 3 aliphatic rings. The van der Waals surface area contributed by atoms with Gasteiger partial charge in [-0.2, -0.15) is 0 Å². The van der Waals surface area contributed by atoms with Crippen LogP contribution in [0.25, 0.3) is 0 Å². The second-order valence-electron chi connectivity index (χ2n) is 11.5. The third-order valence-electron chi connectivity index (χ3n) is 8.40. The Kier molecular flexibility index (Phi) is 14.1. The molecule has 19 heteroatoms. The van der Waals surface area contributed by atoms with Crippen LogP contribution in [0.1, 0.15) is 12.8 Å². The Morgan fingerprint density at radius 3 is 2.14 bits per heavy atom. The van der Waals surface area contributed by atoms with E-state index in [1.165, 1.54) is 0 Å². The number of alkyl halides is 1. The first-order valence-electron chi connectivity index (χ1n) is 14.5. The summed E-state index contributed by atoms with van der Waals surface area (Å²) in [5.41, 5.74) is 23.5. The van der Waals surface area contributed by atoms with Crippen LogP contribution in [0.4, 0.5) is 4.39 Å². The number of aliphatic hydroxyl groups excluding tert-OH is 8. The molecule has 17 N–H and O–H groups in total. The molecule has 2 aliphatic heterocycles. The quantitative estimate of drug-likeness (QED) is 0.0780. The molecule has 0 radical (unpaired) electrons. The zero-order chi connectivity index (χ0) is 32.9. The SMILES string of the molecule is NCC(F)C(O)C(=O)C[C@@H]1C[C@H](N)C(O[C@H]2O[C@H](CNCCO)[C@@H](O)[C@H](O)[C@H]2N)[C@H](O)[C@H]1O[C@H]1O[C@H](CO)[C@@H](O)[C@H](N)[C@H]1O. The highest BCUT2D eigenvalue weighted by molar-refractivity contribution is 5.83. The zero-order valence-corrected chi connectivity index (χ0v) is 24.1. The van der Waals surface area contributed by atoms with Crippen molar-refractivity contribution in [2.45, 2.75) is 111 Å². The Hall–Kier alpha value is -1.08. The van der Waals surface area contributed by atoms with Gasteiger partial charge in [0, 0.05) is 32.1 Å². The topological polar surface area (TPSA) is 332 Å². The molecule has 17 atom stereocenters. The second-order valence-corrected chi connectivity index (χ2v) is 11.5. The van der Waals surface area contributed by atoms with Crippen molar-refractivity contribution < 1.29 is 69.0 Å². The number of hydrogen-bond acceptors (Lipinski definition) is 18. The number of ether oxygens (including phenoxy) is 4. The van der Waals surface area contributed by atoms with Gasteiger partial charge < -0.3 is 88.1 Å². The predicted molar refractivity (Wildman–Crippen MR) is 146 cm³/mol. The molecule has 0 aromatic rings. The lowest BCUT2D eigenvalue weighted by atomic mass is 9.76. The summed E-state index contributed by atoms with van der Waals surface area (Å²) in [5, 5.41) is 84.8. The van der Waals surface area contributed by atoms with Crippen LogP contribution >= 0.6 is 0 Å². The molecule has 0 aromatic heterocycles. The smallest absolute Gasteiger partial charge is 0.186 e. The average Bonchev–Trinajstić information content (AvgIpc) is 3.00.